The SMILES string of the molecule is O=C(NC1c2ccccc2C[C@@H]1O)[C@H](Cc1ccccc1)C[C@H](O)CN1CCNCC1. The standard InChI is InChI=1S/C25H33N3O3/c29-21(17-28-12-10-26-11-13-28)15-20(14-18-6-2-1-3-7-18)25(31)27-24-22-9-5-4-8-19(22)16-23(24)30/h1-9,20-21,23-24,26,29-30H,10-17H2,(H,27,31)/t20-,21+,23+,24?/m1/s1. The monoisotopic (exact) mass is 423 g/mol. The number of rotatable bonds is 8. The van der Waals surface area contributed by atoms with E-state index in [1.54, 1.807) is 0 Å². The minimum Gasteiger partial charge on any atom is -0.392 e. The molecule has 1 amide bonds. The zero-order chi connectivity index (χ0) is 21.6. The summed E-state index contributed by atoms with van der Waals surface area (Å²) in [6, 6.07) is 17.4. The average Bonchev–Trinajstić information content (AvgIpc) is 3.09. The average molecular weight is 424 g/mol. The van der Waals surface area contributed by atoms with Crippen molar-refractivity contribution in [2.45, 2.75) is 37.5 Å². The highest BCUT2D eigenvalue weighted by atomic mass is 16.3. The summed E-state index contributed by atoms with van der Waals surface area (Å²) in [4.78, 5) is 15.6. The molecule has 0 aromatic heterocycles. The molecule has 6 heteroatoms. The van der Waals surface area contributed by atoms with E-state index in [9.17, 15) is 15.0 Å². The highest BCUT2D eigenvalue weighted by Crippen LogP contribution is 2.32. The number of benzene rings is 2. The maximum atomic E-state index is 13.3. The first-order valence-electron chi connectivity index (χ1n) is 11.3. The zero-order valence-corrected chi connectivity index (χ0v) is 17.9. The molecule has 2 aliphatic rings. The fourth-order valence-electron chi connectivity index (χ4n) is 4.80. The van der Waals surface area contributed by atoms with Gasteiger partial charge in [0, 0.05) is 45.1 Å². The van der Waals surface area contributed by atoms with Crippen molar-refractivity contribution in [3.05, 3.63) is 71.3 Å². The third-order valence-corrected chi connectivity index (χ3v) is 6.43. The molecular formula is C25H33N3O3. The Morgan fingerprint density at radius 1 is 1.10 bits per heavy atom. The van der Waals surface area contributed by atoms with Crippen molar-refractivity contribution in [1.29, 1.82) is 0 Å². The van der Waals surface area contributed by atoms with E-state index < -0.39 is 18.2 Å². The lowest BCUT2D eigenvalue weighted by molar-refractivity contribution is -0.127. The molecule has 1 unspecified atom stereocenters. The summed E-state index contributed by atoms with van der Waals surface area (Å²) in [7, 11) is 0. The predicted octanol–water partition coefficient (Wildman–Crippen LogP) is 1.28. The minimum atomic E-state index is -0.621. The molecule has 1 aliphatic carbocycles. The Morgan fingerprint density at radius 2 is 1.81 bits per heavy atom. The molecule has 4 N–H and O–H groups in total. The molecule has 2 aromatic carbocycles. The maximum Gasteiger partial charge on any atom is 0.224 e. The second-order valence-corrected chi connectivity index (χ2v) is 8.78. The van der Waals surface area contributed by atoms with Gasteiger partial charge in [-0.3, -0.25) is 9.69 Å². The van der Waals surface area contributed by atoms with Gasteiger partial charge in [0.2, 0.25) is 5.91 Å². The van der Waals surface area contributed by atoms with Gasteiger partial charge >= 0.3 is 0 Å². The number of carbonyl (C=O) groups excluding carboxylic acids is 1. The number of hydrogen-bond acceptors (Lipinski definition) is 5. The summed E-state index contributed by atoms with van der Waals surface area (Å²) >= 11 is 0. The third-order valence-electron chi connectivity index (χ3n) is 6.43. The Balaban J connectivity index is 1.44. The van der Waals surface area contributed by atoms with Crippen LogP contribution in [0.25, 0.3) is 0 Å². The first kappa shape index (κ1) is 22.0. The van der Waals surface area contributed by atoms with Crippen molar-refractivity contribution in [3.63, 3.8) is 0 Å². The minimum absolute atomic E-state index is 0.107. The van der Waals surface area contributed by atoms with Crippen molar-refractivity contribution in [2.24, 2.45) is 5.92 Å². The van der Waals surface area contributed by atoms with E-state index in [0.717, 1.165) is 42.9 Å². The molecule has 1 fully saturated rings. The number of nitrogens with zero attached hydrogens (tertiary/aromatic N) is 1. The number of carbonyl (C=O) groups is 1. The Morgan fingerprint density at radius 3 is 2.58 bits per heavy atom. The van der Waals surface area contributed by atoms with Crippen molar-refractivity contribution in [2.75, 3.05) is 32.7 Å². The number of piperazine rings is 1. The van der Waals surface area contributed by atoms with Crippen LogP contribution < -0.4 is 10.6 Å². The molecule has 31 heavy (non-hydrogen) atoms. The zero-order valence-electron chi connectivity index (χ0n) is 17.9. The number of hydrogen-bond donors (Lipinski definition) is 4. The second kappa shape index (κ2) is 10.4. The van der Waals surface area contributed by atoms with Gasteiger partial charge in [-0.2, -0.15) is 0 Å². The smallest absolute Gasteiger partial charge is 0.224 e. The lowest BCUT2D eigenvalue weighted by atomic mass is 9.92. The molecule has 1 saturated heterocycles. The number of β-amino-alcohol motifs (C(OH)–C–C–N with tert-alkyl or cyclic N) is 1. The molecular weight excluding hydrogens is 390 g/mol. The van der Waals surface area contributed by atoms with Gasteiger partial charge in [0.25, 0.3) is 0 Å². The summed E-state index contributed by atoms with van der Waals surface area (Å²) in [5.74, 6) is -0.468. The predicted molar refractivity (Wildman–Crippen MR) is 121 cm³/mol. The Labute approximate surface area is 184 Å². The lowest BCUT2D eigenvalue weighted by Gasteiger charge is -2.30. The first-order valence-corrected chi connectivity index (χ1v) is 11.3. The number of fused-ring (bicyclic) bond motifs is 1. The van der Waals surface area contributed by atoms with Gasteiger partial charge in [-0.25, -0.2) is 0 Å². The molecule has 1 aliphatic heterocycles. The lowest BCUT2D eigenvalue weighted by Crippen LogP contribution is -2.47. The molecule has 0 radical (unpaired) electrons. The Hall–Kier alpha value is -2.25. The second-order valence-electron chi connectivity index (χ2n) is 8.78. The summed E-state index contributed by atoms with van der Waals surface area (Å²) in [5.41, 5.74) is 3.14. The number of amides is 1. The van der Waals surface area contributed by atoms with E-state index in [4.69, 9.17) is 0 Å². The van der Waals surface area contributed by atoms with Crippen molar-refractivity contribution in [1.82, 2.24) is 15.5 Å². The molecule has 0 spiro atoms. The van der Waals surface area contributed by atoms with Crippen LogP contribution in [0.3, 0.4) is 0 Å². The molecule has 6 nitrogen and oxygen atoms in total. The molecule has 0 bridgehead atoms. The van der Waals surface area contributed by atoms with Gasteiger partial charge in [-0.05, 0) is 29.5 Å². The van der Waals surface area contributed by atoms with Crippen LogP contribution in [0.5, 0.6) is 0 Å². The fraction of sp³-hybridized carbons (Fsp3) is 0.480. The van der Waals surface area contributed by atoms with Gasteiger partial charge in [0.1, 0.15) is 0 Å². The largest absolute Gasteiger partial charge is 0.392 e. The first-order chi connectivity index (χ1) is 15.1. The third kappa shape index (κ3) is 5.71. The van der Waals surface area contributed by atoms with Crippen molar-refractivity contribution >= 4 is 5.91 Å². The van der Waals surface area contributed by atoms with Crippen LogP contribution in [0.2, 0.25) is 0 Å². The van der Waals surface area contributed by atoms with Crippen LogP contribution in [-0.4, -0.2) is 66.0 Å². The molecule has 2 aromatic rings. The molecule has 4 rings (SSSR count). The van der Waals surface area contributed by atoms with E-state index in [-0.39, 0.29) is 11.8 Å². The maximum absolute atomic E-state index is 13.3. The Kier molecular flexibility index (Phi) is 7.35. The number of aliphatic hydroxyl groups is 2. The van der Waals surface area contributed by atoms with Gasteiger partial charge in [-0.1, -0.05) is 54.6 Å². The summed E-state index contributed by atoms with van der Waals surface area (Å²) in [6.45, 7) is 4.27. The van der Waals surface area contributed by atoms with Crippen molar-refractivity contribution in [3.8, 4) is 0 Å². The van der Waals surface area contributed by atoms with Gasteiger partial charge < -0.3 is 20.8 Å². The van der Waals surface area contributed by atoms with E-state index in [1.165, 1.54) is 0 Å². The summed E-state index contributed by atoms with van der Waals surface area (Å²) < 4.78 is 0. The van der Waals surface area contributed by atoms with Crippen LogP contribution in [-0.2, 0) is 17.6 Å². The topological polar surface area (TPSA) is 84.8 Å². The van der Waals surface area contributed by atoms with Gasteiger partial charge in [-0.15, -0.1) is 0 Å². The van der Waals surface area contributed by atoms with E-state index in [2.05, 4.69) is 15.5 Å². The highest BCUT2D eigenvalue weighted by Gasteiger charge is 2.34. The van der Waals surface area contributed by atoms with Crippen molar-refractivity contribution < 1.29 is 15.0 Å². The van der Waals surface area contributed by atoms with E-state index in [0.29, 0.717) is 25.8 Å². The molecule has 166 valence electrons. The van der Waals surface area contributed by atoms with Crippen LogP contribution in [0.15, 0.2) is 54.6 Å². The van der Waals surface area contributed by atoms with Gasteiger partial charge in [0.05, 0.1) is 18.2 Å². The molecule has 0 saturated carbocycles. The molecule has 1 heterocycles. The van der Waals surface area contributed by atoms with Crippen LogP contribution >= 0.6 is 0 Å². The normalized spacial score (nSPS) is 23.2. The summed E-state index contributed by atoms with van der Waals surface area (Å²) in [6.07, 6.45) is 0.323. The van der Waals surface area contributed by atoms with Crippen LogP contribution in [0, 0.1) is 5.92 Å². The molecule has 4 atom stereocenters. The number of aliphatic hydroxyl groups excluding tert-OH is 2. The van der Waals surface area contributed by atoms with Crippen LogP contribution in [0.1, 0.15) is 29.2 Å². The van der Waals surface area contributed by atoms with Crippen LogP contribution in [0.4, 0.5) is 0 Å². The summed E-state index contributed by atoms with van der Waals surface area (Å²) in [5, 5.41) is 27.7. The van der Waals surface area contributed by atoms with E-state index in [1.807, 2.05) is 54.6 Å². The highest BCUT2D eigenvalue weighted by molar-refractivity contribution is 5.79. The Bertz CT molecular complexity index is 854. The van der Waals surface area contributed by atoms with E-state index >= 15 is 0 Å². The quantitative estimate of drug-likeness (QED) is 0.514. The number of nitrogens with one attached hydrogen (secondary N) is 2. The van der Waals surface area contributed by atoms with Gasteiger partial charge in [0.15, 0.2) is 0 Å². The fourth-order valence-corrected chi connectivity index (χ4v) is 4.80.